The van der Waals surface area contributed by atoms with Crippen LogP contribution in [0.25, 0.3) is 11.0 Å². The Bertz CT molecular complexity index is 704. The number of aromatic nitrogens is 3. The Balaban J connectivity index is 1.36. The number of hydrogen-bond acceptors (Lipinski definition) is 5. The lowest BCUT2D eigenvalue weighted by molar-refractivity contribution is -0.164. The number of rotatable bonds is 4. The summed E-state index contributed by atoms with van der Waals surface area (Å²) in [5.41, 5.74) is 4.66. The van der Waals surface area contributed by atoms with Crippen molar-refractivity contribution in [3.05, 3.63) is 27.1 Å². The Kier molecular flexibility index (Phi) is 4.73. The first kappa shape index (κ1) is 15.7. The van der Waals surface area contributed by atoms with Gasteiger partial charge in [0.2, 0.25) is 3.83 Å². The lowest BCUT2D eigenvalue weighted by Crippen LogP contribution is -2.23. The molecule has 1 aliphatic carbocycles. The second kappa shape index (κ2) is 6.94. The number of benzene rings is 1. The van der Waals surface area contributed by atoms with E-state index in [-0.39, 0.29) is 6.29 Å². The maximum absolute atomic E-state index is 5.88. The van der Waals surface area contributed by atoms with Crippen LogP contribution in [0.15, 0.2) is 12.1 Å². The van der Waals surface area contributed by atoms with Gasteiger partial charge in [-0.15, -0.1) is 10.2 Å². The van der Waals surface area contributed by atoms with Gasteiger partial charge in [-0.2, -0.15) is 0 Å². The minimum Gasteiger partial charge on any atom is -0.353 e. The molecule has 0 saturated carbocycles. The largest absolute Gasteiger partial charge is 0.353 e. The fourth-order valence-electron chi connectivity index (χ4n) is 3.54. The molecule has 2 aliphatic rings. The Morgan fingerprint density at radius 2 is 1.96 bits per heavy atom. The number of nitrogens with zero attached hydrogens (tertiary/aromatic N) is 3. The molecule has 1 aromatic carbocycles. The van der Waals surface area contributed by atoms with Crippen molar-refractivity contribution in [2.75, 3.05) is 13.2 Å². The van der Waals surface area contributed by atoms with Gasteiger partial charge in [0.25, 0.3) is 0 Å². The van der Waals surface area contributed by atoms with Crippen LogP contribution in [0.1, 0.15) is 36.8 Å². The van der Waals surface area contributed by atoms with Gasteiger partial charge in [0.15, 0.2) is 6.29 Å². The summed E-state index contributed by atoms with van der Waals surface area (Å²) in [4.78, 5) is 4.47. The van der Waals surface area contributed by atoms with Crippen LogP contribution < -0.4 is 0 Å². The smallest absolute Gasteiger partial charge is 0.212 e. The van der Waals surface area contributed by atoms with Crippen molar-refractivity contribution >= 4 is 33.6 Å². The average Bonchev–Trinajstić information content (AvgIpc) is 2.95. The van der Waals surface area contributed by atoms with E-state index in [1.165, 1.54) is 24.0 Å². The predicted molar refractivity (Wildman–Crippen MR) is 95.1 cm³/mol. The van der Waals surface area contributed by atoms with Crippen LogP contribution >= 0.6 is 22.6 Å². The van der Waals surface area contributed by atoms with Crippen molar-refractivity contribution in [1.82, 2.24) is 15.2 Å². The van der Waals surface area contributed by atoms with Gasteiger partial charge in [-0.3, -0.25) is 0 Å². The third-order valence-corrected chi connectivity index (χ3v) is 5.19. The molecule has 0 amide bonds. The SMILES string of the molecule is Ic1nnc2cc3c(cc2n1)CC(CCOC1CCCCO1)C3. The molecule has 6 heteroatoms. The summed E-state index contributed by atoms with van der Waals surface area (Å²) in [7, 11) is 0. The lowest BCUT2D eigenvalue weighted by Gasteiger charge is -2.23. The standard InChI is InChI=1S/C17H20IN3O2/c18-17-19-14-9-12-7-11(8-13(12)10-15(14)20-21-17)4-6-23-16-3-1-2-5-22-16/h9-11,16H,1-8H2. The van der Waals surface area contributed by atoms with Crippen molar-refractivity contribution in [2.45, 2.75) is 44.8 Å². The molecule has 1 aromatic heterocycles. The number of hydrogen-bond donors (Lipinski definition) is 0. The van der Waals surface area contributed by atoms with E-state index in [9.17, 15) is 0 Å². The molecule has 0 spiro atoms. The van der Waals surface area contributed by atoms with Gasteiger partial charge in [-0.05, 0) is 67.7 Å². The molecule has 5 nitrogen and oxygen atoms in total. The van der Waals surface area contributed by atoms with E-state index < -0.39 is 0 Å². The van der Waals surface area contributed by atoms with Gasteiger partial charge >= 0.3 is 0 Å². The van der Waals surface area contributed by atoms with Crippen LogP contribution in [0.2, 0.25) is 0 Å². The van der Waals surface area contributed by atoms with E-state index >= 15 is 0 Å². The molecule has 4 rings (SSSR count). The quantitative estimate of drug-likeness (QED) is 0.704. The molecule has 0 bridgehead atoms. The molecule has 0 radical (unpaired) electrons. The van der Waals surface area contributed by atoms with Gasteiger partial charge in [-0.25, -0.2) is 4.98 Å². The summed E-state index contributed by atoms with van der Waals surface area (Å²) in [6.45, 7) is 1.64. The van der Waals surface area contributed by atoms with E-state index in [2.05, 4.69) is 49.9 Å². The van der Waals surface area contributed by atoms with Crippen LogP contribution in [-0.2, 0) is 22.3 Å². The Morgan fingerprint density at radius 1 is 1.13 bits per heavy atom. The Morgan fingerprint density at radius 3 is 2.74 bits per heavy atom. The van der Waals surface area contributed by atoms with Crippen LogP contribution in [-0.4, -0.2) is 34.7 Å². The van der Waals surface area contributed by atoms with Crippen molar-refractivity contribution in [3.8, 4) is 0 Å². The second-order valence-corrected chi connectivity index (χ2v) is 7.39. The third kappa shape index (κ3) is 3.64. The molecule has 2 atom stereocenters. The highest BCUT2D eigenvalue weighted by molar-refractivity contribution is 14.1. The van der Waals surface area contributed by atoms with E-state index in [0.29, 0.717) is 9.75 Å². The summed E-state index contributed by atoms with van der Waals surface area (Å²) in [6, 6.07) is 4.35. The van der Waals surface area contributed by atoms with Gasteiger partial charge in [0.05, 0.1) is 12.1 Å². The molecule has 23 heavy (non-hydrogen) atoms. The minimum absolute atomic E-state index is 0.0247. The van der Waals surface area contributed by atoms with Crippen molar-refractivity contribution in [2.24, 2.45) is 5.92 Å². The summed E-state index contributed by atoms with van der Waals surface area (Å²) < 4.78 is 12.2. The Labute approximate surface area is 149 Å². The third-order valence-electron chi connectivity index (χ3n) is 4.73. The summed E-state index contributed by atoms with van der Waals surface area (Å²) in [6.07, 6.45) is 6.76. The van der Waals surface area contributed by atoms with Gasteiger partial charge < -0.3 is 9.47 Å². The molecule has 2 heterocycles. The van der Waals surface area contributed by atoms with Crippen LogP contribution in [0.3, 0.4) is 0 Å². The van der Waals surface area contributed by atoms with Gasteiger partial charge in [0.1, 0.15) is 5.52 Å². The molecule has 1 fully saturated rings. The van der Waals surface area contributed by atoms with Crippen LogP contribution in [0.4, 0.5) is 0 Å². The highest BCUT2D eigenvalue weighted by Gasteiger charge is 2.23. The topological polar surface area (TPSA) is 57.1 Å². The fraction of sp³-hybridized carbons (Fsp3) is 0.588. The monoisotopic (exact) mass is 425 g/mol. The average molecular weight is 425 g/mol. The van der Waals surface area contributed by atoms with Crippen molar-refractivity contribution in [1.29, 1.82) is 0 Å². The maximum Gasteiger partial charge on any atom is 0.212 e. The molecule has 1 aliphatic heterocycles. The normalized spacial score (nSPS) is 24.0. The van der Waals surface area contributed by atoms with Crippen molar-refractivity contribution < 1.29 is 9.47 Å². The Hall–Kier alpha value is -0.860. The first-order chi connectivity index (χ1) is 11.3. The van der Waals surface area contributed by atoms with Gasteiger partial charge in [0, 0.05) is 29.2 Å². The van der Waals surface area contributed by atoms with E-state index in [0.717, 1.165) is 49.9 Å². The predicted octanol–water partition coefficient (Wildman–Crippen LogP) is 3.28. The first-order valence-corrected chi connectivity index (χ1v) is 9.41. The molecule has 122 valence electrons. The molecule has 2 unspecified atom stereocenters. The first-order valence-electron chi connectivity index (χ1n) is 8.33. The zero-order chi connectivity index (χ0) is 15.6. The zero-order valence-electron chi connectivity index (χ0n) is 13.0. The number of halogens is 1. The van der Waals surface area contributed by atoms with Crippen molar-refractivity contribution in [3.63, 3.8) is 0 Å². The molecule has 2 aromatic rings. The molecule has 1 saturated heterocycles. The zero-order valence-corrected chi connectivity index (χ0v) is 15.2. The van der Waals surface area contributed by atoms with E-state index in [1.54, 1.807) is 0 Å². The second-order valence-electron chi connectivity index (χ2n) is 6.42. The summed E-state index contributed by atoms with van der Waals surface area (Å²) in [5, 5.41) is 8.29. The summed E-state index contributed by atoms with van der Waals surface area (Å²) >= 11 is 2.11. The summed E-state index contributed by atoms with van der Waals surface area (Å²) in [5.74, 6) is 0.650. The van der Waals surface area contributed by atoms with E-state index in [4.69, 9.17) is 9.47 Å². The number of ether oxygens (including phenoxy) is 2. The fourth-order valence-corrected chi connectivity index (χ4v) is 3.90. The molecule has 0 N–H and O–H groups in total. The van der Waals surface area contributed by atoms with Gasteiger partial charge in [-0.1, -0.05) is 0 Å². The lowest BCUT2D eigenvalue weighted by atomic mass is 10.0. The van der Waals surface area contributed by atoms with E-state index in [1.807, 2.05) is 0 Å². The molecular weight excluding hydrogens is 405 g/mol. The minimum atomic E-state index is 0.0247. The van der Waals surface area contributed by atoms with Crippen LogP contribution in [0.5, 0.6) is 0 Å². The highest BCUT2D eigenvalue weighted by atomic mass is 127. The molecular formula is C17H20IN3O2. The van der Waals surface area contributed by atoms with Crippen LogP contribution in [0, 0.1) is 9.75 Å². The highest BCUT2D eigenvalue weighted by Crippen LogP contribution is 2.31. The number of fused-ring (bicyclic) bond motifs is 2. The maximum atomic E-state index is 5.88.